The second kappa shape index (κ2) is 3.94. The van der Waals surface area contributed by atoms with Gasteiger partial charge in [0.2, 0.25) is 5.78 Å². The molecule has 1 aliphatic rings. The molecule has 0 aliphatic carbocycles. The molecule has 100 valence electrons. The standard InChI is InChI=1S/C12H15BClN3O2/c1-11(2)12(3,4)19-13(18-11)8-7-15-10-16-9(14)5-6-17(8)10/h5-7H,1-4H3. The van der Waals surface area contributed by atoms with Gasteiger partial charge in [-0.25, -0.2) is 9.97 Å². The van der Waals surface area contributed by atoms with Crippen LogP contribution in [0.2, 0.25) is 5.15 Å². The first kappa shape index (κ1) is 12.9. The van der Waals surface area contributed by atoms with Crippen molar-refractivity contribution in [2.75, 3.05) is 0 Å². The van der Waals surface area contributed by atoms with Crippen molar-refractivity contribution in [3.05, 3.63) is 23.6 Å². The van der Waals surface area contributed by atoms with Gasteiger partial charge in [0, 0.05) is 12.4 Å². The Morgan fingerprint density at radius 2 is 1.84 bits per heavy atom. The van der Waals surface area contributed by atoms with E-state index >= 15 is 0 Å². The van der Waals surface area contributed by atoms with Crippen molar-refractivity contribution in [2.45, 2.75) is 38.9 Å². The molecule has 1 aliphatic heterocycles. The highest BCUT2D eigenvalue weighted by molar-refractivity contribution is 6.61. The molecule has 3 heterocycles. The van der Waals surface area contributed by atoms with Gasteiger partial charge in [0.05, 0.1) is 16.8 Å². The lowest BCUT2D eigenvalue weighted by molar-refractivity contribution is 0.00578. The summed E-state index contributed by atoms with van der Waals surface area (Å²) >= 11 is 5.85. The van der Waals surface area contributed by atoms with Gasteiger partial charge in [-0.3, -0.25) is 4.40 Å². The molecule has 5 nitrogen and oxygen atoms in total. The van der Waals surface area contributed by atoms with Crippen LogP contribution in [0.4, 0.5) is 0 Å². The first-order chi connectivity index (χ1) is 8.80. The minimum Gasteiger partial charge on any atom is -0.398 e. The van der Waals surface area contributed by atoms with E-state index in [9.17, 15) is 0 Å². The van der Waals surface area contributed by atoms with E-state index in [0.717, 1.165) is 5.59 Å². The fraction of sp³-hybridized carbons (Fsp3) is 0.500. The number of aromatic nitrogens is 3. The van der Waals surface area contributed by atoms with Crippen LogP contribution >= 0.6 is 11.6 Å². The summed E-state index contributed by atoms with van der Waals surface area (Å²) in [5, 5.41) is 0.415. The molecule has 1 fully saturated rings. The summed E-state index contributed by atoms with van der Waals surface area (Å²) in [6.07, 6.45) is 3.53. The zero-order chi connectivity index (χ0) is 13.8. The number of nitrogens with zero attached hydrogens (tertiary/aromatic N) is 3. The maximum Gasteiger partial charge on any atom is 0.514 e. The third kappa shape index (κ3) is 1.95. The van der Waals surface area contributed by atoms with Crippen LogP contribution in [0.5, 0.6) is 0 Å². The molecule has 1 saturated heterocycles. The predicted octanol–water partition coefficient (Wildman–Crippen LogP) is 1.68. The van der Waals surface area contributed by atoms with Gasteiger partial charge in [-0.2, -0.15) is 0 Å². The molecule has 19 heavy (non-hydrogen) atoms. The lowest BCUT2D eigenvalue weighted by atomic mass is 9.85. The van der Waals surface area contributed by atoms with Gasteiger partial charge in [-0.15, -0.1) is 0 Å². The molecular formula is C12H15BClN3O2. The van der Waals surface area contributed by atoms with E-state index in [2.05, 4.69) is 9.97 Å². The summed E-state index contributed by atoms with van der Waals surface area (Å²) in [6, 6.07) is 1.71. The van der Waals surface area contributed by atoms with Gasteiger partial charge in [0.25, 0.3) is 0 Å². The van der Waals surface area contributed by atoms with Crippen LogP contribution in [0, 0.1) is 0 Å². The molecule has 0 saturated carbocycles. The fourth-order valence-electron chi connectivity index (χ4n) is 2.01. The number of imidazole rings is 1. The van der Waals surface area contributed by atoms with E-state index in [-0.39, 0.29) is 11.2 Å². The van der Waals surface area contributed by atoms with Crippen molar-refractivity contribution in [3.8, 4) is 0 Å². The number of hydrogen-bond acceptors (Lipinski definition) is 4. The van der Waals surface area contributed by atoms with E-state index in [1.807, 2.05) is 38.3 Å². The van der Waals surface area contributed by atoms with Crippen LogP contribution in [0.25, 0.3) is 5.78 Å². The summed E-state index contributed by atoms with van der Waals surface area (Å²) in [6.45, 7) is 8.08. The van der Waals surface area contributed by atoms with E-state index in [1.165, 1.54) is 0 Å². The molecule has 0 bridgehead atoms. The lowest BCUT2D eigenvalue weighted by Gasteiger charge is -2.32. The van der Waals surface area contributed by atoms with Crippen molar-refractivity contribution in [1.82, 2.24) is 14.4 Å². The largest absolute Gasteiger partial charge is 0.514 e. The second-order valence-electron chi connectivity index (χ2n) is 5.69. The van der Waals surface area contributed by atoms with Gasteiger partial charge in [-0.05, 0) is 33.8 Å². The summed E-state index contributed by atoms with van der Waals surface area (Å²) in [4.78, 5) is 8.37. The van der Waals surface area contributed by atoms with Crippen molar-refractivity contribution < 1.29 is 9.31 Å². The molecule has 0 N–H and O–H groups in total. The Hall–Kier alpha value is -1.11. The van der Waals surface area contributed by atoms with E-state index in [4.69, 9.17) is 20.9 Å². The summed E-state index contributed by atoms with van der Waals surface area (Å²) < 4.78 is 13.8. The van der Waals surface area contributed by atoms with Crippen molar-refractivity contribution >= 4 is 30.1 Å². The fourth-order valence-corrected chi connectivity index (χ4v) is 2.14. The number of hydrogen-bond donors (Lipinski definition) is 0. The minimum absolute atomic E-state index is 0.373. The Labute approximate surface area is 117 Å². The van der Waals surface area contributed by atoms with Crippen molar-refractivity contribution in [3.63, 3.8) is 0 Å². The molecule has 0 spiro atoms. The van der Waals surface area contributed by atoms with Gasteiger partial charge in [-0.1, -0.05) is 11.6 Å². The summed E-state index contributed by atoms with van der Waals surface area (Å²) in [5.74, 6) is 0.539. The molecule has 3 rings (SSSR count). The smallest absolute Gasteiger partial charge is 0.398 e. The second-order valence-corrected chi connectivity index (χ2v) is 6.08. The maximum absolute atomic E-state index is 6.00. The quantitative estimate of drug-likeness (QED) is 0.589. The molecule has 2 aromatic heterocycles. The Morgan fingerprint density at radius 1 is 1.21 bits per heavy atom. The van der Waals surface area contributed by atoms with Gasteiger partial charge in [0.15, 0.2) is 0 Å². The summed E-state index contributed by atoms with van der Waals surface area (Å²) in [5.41, 5.74) is 0.0707. The molecule has 7 heteroatoms. The molecular weight excluding hydrogens is 264 g/mol. The lowest BCUT2D eigenvalue weighted by Crippen LogP contribution is -2.41. The minimum atomic E-state index is -0.456. The first-order valence-corrected chi connectivity index (χ1v) is 6.53. The van der Waals surface area contributed by atoms with Crippen LogP contribution in [0.3, 0.4) is 0 Å². The maximum atomic E-state index is 6.00. The van der Waals surface area contributed by atoms with E-state index in [0.29, 0.717) is 10.9 Å². The predicted molar refractivity (Wildman–Crippen MR) is 73.7 cm³/mol. The SMILES string of the molecule is CC1(C)OB(c2cnc3nc(Cl)ccn23)OC1(C)C. The average Bonchev–Trinajstić information content (AvgIpc) is 2.77. The molecule has 0 aromatic carbocycles. The number of rotatable bonds is 1. The number of fused-ring (bicyclic) bond motifs is 1. The molecule has 0 atom stereocenters. The van der Waals surface area contributed by atoms with E-state index < -0.39 is 7.12 Å². The third-order valence-corrected chi connectivity index (χ3v) is 4.08. The van der Waals surface area contributed by atoms with Gasteiger partial charge in [0.1, 0.15) is 5.15 Å². The zero-order valence-corrected chi connectivity index (χ0v) is 12.1. The van der Waals surface area contributed by atoms with Gasteiger partial charge < -0.3 is 9.31 Å². The van der Waals surface area contributed by atoms with E-state index in [1.54, 1.807) is 12.3 Å². The average molecular weight is 280 g/mol. The third-order valence-electron chi connectivity index (χ3n) is 3.87. The highest BCUT2D eigenvalue weighted by Crippen LogP contribution is 2.36. The monoisotopic (exact) mass is 279 g/mol. The Morgan fingerprint density at radius 3 is 2.47 bits per heavy atom. The van der Waals surface area contributed by atoms with Crippen molar-refractivity contribution in [2.24, 2.45) is 0 Å². The normalized spacial score (nSPS) is 21.2. The van der Waals surface area contributed by atoms with Gasteiger partial charge >= 0.3 is 7.12 Å². The topological polar surface area (TPSA) is 48.7 Å². The first-order valence-electron chi connectivity index (χ1n) is 6.15. The van der Waals surface area contributed by atoms with Crippen LogP contribution < -0.4 is 5.59 Å². The van der Waals surface area contributed by atoms with Crippen LogP contribution in [-0.4, -0.2) is 32.7 Å². The highest BCUT2D eigenvalue weighted by Gasteiger charge is 2.52. The van der Waals surface area contributed by atoms with Crippen molar-refractivity contribution in [1.29, 1.82) is 0 Å². The molecule has 2 aromatic rings. The summed E-state index contributed by atoms with van der Waals surface area (Å²) in [7, 11) is -0.456. The highest BCUT2D eigenvalue weighted by atomic mass is 35.5. The Bertz CT molecular complexity index is 625. The van der Waals surface area contributed by atoms with Crippen LogP contribution in [-0.2, 0) is 9.31 Å². The Kier molecular flexibility index (Phi) is 2.68. The zero-order valence-electron chi connectivity index (χ0n) is 11.3. The Balaban J connectivity index is 2.03. The molecule has 0 unspecified atom stereocenters. The van der Waals surface area contributed by atoms with Crippen LogP contribution in [0.15, 0.2) is 18.5 Å². The molecule has 0 radical (unpaired) electrons. The molecule has 0 amide bonds. The number of halogens is 1. The van der Waals surface area contributed by atoms with Crippen LogP contribution in [0.1, 0.15) is 27.7 Å².